The summed E-state index contributed by atoms with van der Waals surface area (Å²) in [6.07, 6.45) is -0.320. The summed E-state index contributed by atoms with van der Waals surface area (Å²) in [6, 6.07) is 12.9. The van der Waals surface area contributed by atoms with Gasteiger partial charge in [-0.25, -0.2) is 0 Å². The second kappa shape index (κ2) is 13.1. The highest BCUT2D eigenvalue weighted by molar-refractivity contribution is 7.99. The SMILES string of the molecule is COc1ccc(C(C)=O)c(OCC2CN(C(=O)CSCCOc3ccccc3)CCO2)c1OC. The summed E-state index contributed by atoms with van der Waals surface area (Å²) in [7, 11) is 3.02. The summed E-state index contributed by atoms with van der Waals surface area (Å²) >= 11 is 1.54. The minimum absolute atomic E-state index is 0.0568. The van der Waals surface area contributed by atoms with Crippen molar-refractivity contribution in [3.8, 4) is 23.0 Å². The Morgan fingerprint density at radius 1 is 1.06 bits per heavy atom. The number of amides is 1. The van der Waals surface area contributed by atoms with Gasteiger partial charge in [0.15, 0.2) is 17.3 Å². The van der Waals surface area contributed by atoms with Crippen molar-refractivity contribution < 1.29 is 33.3 Å². The highest BCUT2D eigenvalue weighted by Gasteiger charge is 2.26. The monoisotopic (exact) mass is 489 g/mol. The van der Waals surface area contributed by atoms with Gasteiger partial charge in [0, 0.05) is 12.3 Å². The first-order valence-electron chi connectivity index (χ1n) is 11.1. The fourth-order valence-electron chi connectivity index (χ4n) is 3.53. The predicted octanol–water partition coefficient (Wildman–Crippen LogP) is 3.32. The standard InChI is InChI=1S/C25H31NO7S/c1-18(27)21-9-10-22(29-2)25(30-3)24(21)33-16-20-15-26(11-12-31-20)23(28)17-34-14-13-32-19-7-5-4-6-8-19/h4-10,20H,11-17H2,1-3H3. The number of ketones is 1. The molecular weight excluding hydrogens is 458 g/mol. The van der Waals surface area contributed by atoms with Gasteiger partial charge < -0.3 is 28.6 Å². The van der Waals surface area contributed by atoms with Gasteiger partial charge in [0.25, 0.3) is 0 Å². The fraction of sp³-hybridized carbons (Fsp3) is 0.440. The summed E-state index contributed by atoms with van der Waals surface area (Å²) in [6.45, 7) is 3.57. The highest BCUT2D eigenvalue weighted by atomic mass is 32.2. The van der Waals surface area contributed by atoms with E-state index >= 15 is 0 Å². The van der Waals surface area contributed by atoms with Crippen LogP contribution in [0, 0.1) is 0 Å². The van der Waals surface area contributed by atoms with Crippen LogP contribution in [0.1, 0.15) is 17.3 Å². The van der Waals surface area contributed by atoms with E-state index in [1.165, 1.54) is 21.1 Å². The smallest absolute Gasteiger partial charge is 0.232 e. The van der Waals surface area contributed by atoms with Crippen molar-refractivity contribution in [1.82, 2.24) is 4.90 Å². The number of ether oxygens (including phenoxy) is 5. The molecule has 1 aliphatic heterocycles. The summed E-state index contributed by atoms with van der Waals surface area (Å²) in [5, 5.41) is 0. The van der Waals surface area contributed by atoms with Crippen LogP contribution in [-0.4, -0.2) is 81.3 Å². The lowest BCUT2D eigenvalue weighted by Gasteiger charge is -2.33. The van der Waals surface area contributed by atoms with Crippen LogP contribution in [0.15, 0.2) is 42.5 Å². The third-order valence-electron chi connectivity index (χ3n) is 5.25. The minimum Gasteiger partial charge on any atom is -0.493 e. The van der Waals surface area contributed by atoms with Crippen molar-refractivity contribution in [2.75, 3.05) is 58.6 Å². The third kappa shape index (κ3) is 7.04. The Balaban J connectivity index is 1.48. The summed E-state index contributed by atoms with van der Waals surface area (Å²) in [5.74, 6) is 2.98. The largest absolute Gasteiger partial charge is 0.493 e. The molecule has 9 heteroatoms. The highest BCUT2D eigenvalue weighted by Crippen LogP contribution is 2.40. The van der Waals surface area contributed by atoms with Crippen molar-refractivity contribution >= 4 is 23.5 Å². The molecule has 1 fully saturated rings. The van der Waals surface area contributed by atoms with Gasteiger partial charge in [0.1, 0.15) is 18.5 Å². The lowest BCUT2D eigenvalue weighted by molar-refractivity contribution is -0.137. The fourth-order valence-corrected chi connectivity index (χ4v) is 4.23. The Hall–Kier alpha value is -2.91. The lowest BCUT2D eigenvalue weighted by Crippen LogP contribution is -2.48. The molecule has 1 amide bonds. The van der Waals surface area contributed by atoms with Crippen LogP contribution < -0.4 is 18.9 Å². The van der Waals surface area contributed by atoms with Crippen LogP contribution in [0.5, 0.6) is 23.0 Å². The Bertz CT molecular complexity index is 954. The van der Waals surface area contributed by atoms with Crippen LogP contribution in [-0.2, 0) is 9.53 Å². The number of methoxy groups -OCH3 is 2. The first-order valence-corrected chi connectivity index (χ1v) is 12.2. The molecule has 0 saturated carbocycles. The average molecular weight is 490 g/mol. The van der Waals surface area contributed by atoms with Crippen LogP contribution in [0.3, 0.4) is 0 Å². The van der Waals surface area contributed by atoms with Crippen molar-refractivity contribution in [1.29, 1.82) is 0 Å². The van der Waals surface area contributed by atoms with E-state index in [1.807, 2.05) is 30.3 Å². The van der Waals surface area contributed by atoms with E-state index in [0.717, 1.165) is 11.5 Å². The number of rotatable bonds is 12. The predicted molar refractivity (Wildman–Crippen MR) is 131 cm³/mol. The number of hydrogen-bond donors (Lipinski definition) is 0. The first kappa shape index (κ1) is 25.7. The number of carbonyl (C=O) groups excluding carboxylic acids is 2. The Kier molecular flexibility index (Phi) is 9.90. The third-order valence-corrected chi connectivity index (χ3v) is 6.16. The number of benzene rings is 2. The number of para-hydroxylation sites is 1. The van der Waals surface area contributed by atoms with Gasteiger partial charge in [0.05, 0.1) is 45.3 Å². The zero-order chi connectivity index (χ0) is 24.3. The molecule has 1 unspecified atom stereocenters. The molecule has 0 radical (unpaired) electrons. The minimum atomic E-state index is -0.320. The van der Waals surface area contributed by atoms with E-state index < -0.39 is 0 Å². The molecule has 1 aliphatic rings. The first-order chi connectivity index (χ1) is 16.5. The van der Waals surface area contributed by atoms with Crippen molar-refractivity contribution in [3.05, 3.63) is 48.0 Å². The molecule has 0 N–H and O–H groups in total. The molecule has 2 aromatic carbocycles. The molecule has 1 heterocycles. The van der Waals surface area contributed by atoms with E-state index in [0.29, 0.717) is 54.9 Å². The van der Waals surface area contributed by atoms with Crippen molar-refractivity contribution in [2.45, 2.75) is 13.0 Å². The van der Waals surface area contributed by atoms with Crippen LogP contribution in [0.4, 0.5) is 0 Å². The van der Waals surface area contributed by atoms with Gasteiger partial charge in [0.2, 0.25) is 11.7 Å². The summed E-state index contributed by atoms with van der Waals surface area (Å²) in [4.78, 5) is 26.5. The second-order valence-corrected chi connectivity index (χ2v) is 8.70. The van der Waals surface area contributed by atoms with Gasteiger partial charge in [-0.3, -0.25) is 9.59 Å². The van der Waals surface area contributed by atoms with E-state index in [4.69, 9.17) is 23.7 Å². The van der Waals surface area contributed by atoms with E-state index in [-0.39, 0.29) is 24.4 Å². The maximum Gasteiger partial charge on any atom is 0.232 e. The molecule has 0 aromatic heterocycles. The number of hydrogen-bond acceptors (Lipinski definition) is 8. The summed E-state index contributed by atoms with van der Waals surface area (Å²) < 4.78 is 28.2. The van der Waals surface area contributed by atoms with Gasteiger partial charge in [-0.1, -0.05) is 18.2 Å². The second-order valence-electron chi connectivity index (χ2n) is 7.59. The molecular formula is C25H31NO7S. The molecule has 0 spiro atoms. The quantitative estimate of drug-likeness (QED) is 0.332. The Morgan fingerprint density at radius 2 is 1.85 bits per heavy atom. The molecule has 1 atom stereocenters. The van der Waals surface area contributed by atoms with Gasteiger partial charge in [-0.15, -0.1) is 11.8 Å². The maximum atomic E-state index is 12.7. The molecule has 1 saturated heterocycles. The van der Waals surface area contributed by atoms with E-state index in [1.54, 1.807) is 28.8 Å². The molecule has 0 aliphatic carbocycles. The van der Waals surface area contributed by atoms with E-state index in [9.17, 15) is 9.59 Å². The van der Waals surface area contributed by atoms with Crippen LogP contribution in [0.25, 0.3) is 0 Å². The Morgan fingerprint density at radius 3 is 2.56 bits per heavy atom. The molecule has 34 heavy (non-hydrogen) atoms. The molecule has 0 bridgehead atoms. The number of morpholine rings is 1. The van der Waals surface area contributed by atoms with Gasteiger partial charge in [-0.2, -0.15) is 0 Å². The number of nitrogens with zero attached hydrogens (tertiary/aromatic N) is 1. The molecule has 184 valence electrons. The average Bonchev–Trinajstić information content (AvgIpc) is 2.87. The van der Waals surface area contributed by atoms with Crippen molar-refractivity contribution in [2.24, 2.45) is 0 Å². The number of Topliss-reactive ketones (excluding diaryl/α,β-unsaturated/α-hetero) is 1. The van der Waals surface area contributed by atoms with E-state index in [2.05, 4.69) is 0 Å². The number of carbonyl (C=O) groups is 2. The van der Waals surface area contributed by atoms with Crippen LogP contribution >= 0.6 is 11.8 Å². The molecule has 8 nitrogen and oxygen atoms in total. The number of thioether (sulfide) groups is 1. The lowest BCUT2D eigenvalue weighted by atomic mass is 10.1. The van der Waals surface area contributed by atoms with Gasteiger partial charge in [-0.05, 0) is 31.2 Å². The molecule has 2 aromatic rings. The van der Waals surface area contributed by atoms with Crippen molar-refractivity contribution in [3.63, 3.8) is 0 Å². The normalized spacial score (nSPS) is 15.5. The van der Waals surface area contributed by atoms with Gasteiger partial charge >= 0.3 is 0 Å². The Labute approximate surface area is 204 Å². The maximum absolute atomic E-state index is 12.7. The topological polar surface area (TPSA) is 83.5 Å². The zero-order valence-corrected chi connectivity index (χ0v) is 20.6. The van der Waals surface area contributed by atoms with Crippen LogP contribution in [0.2, 0.25) is 0 Å². The summed E-state index contributed by atoms with van der Waals surface area (Å²) in [5.41, 5.74) is 0.399. The molecule has 3 rings (SSSR count). The zero-order valence-electron chi connectivity index (χ0n) is 19.8.